The Hall–Kier alpha value is -1.71. The summed E-state index contributed by atoms with van der Waals surface area (Å²) in [6, 6.07) is 5.48. The molecule has 18 heavy (non-hydrogen) atoms. The highest BCUT2D eigenvalue weighted by Crippen LogP contribution is 2.41. The van der Waals surface area contributed by atoms with Crippen LogP contribution in [-0.4, -0.2) is 17.9 Å². The first kappa shape index (κ1) is 11.4. The van der Waals surface area contributed by atoms with E-state index in [-0.39, 0.29) is 12.7 Å². The van der Waals surface area contributed by atoms with Crippen LogP contribution >= 0.6 is 0 Å². The fraction of sp³-hybridized carbons (Fsp3) is 0.500. The van der Waals surface area contributed by atoms with E-state index in [2.05, 4.69) is 0 Å². The lowest BCUT2D eigenvalue weighted by Gasteiger charge is -2.19. The fourth-order valence-corrected chi connectivity index (χ4v) is 3.01. The van der Waals surface area contributed by atoms with Gasteiger partial charge < -0.3 is 14.6 Å². The first-order chi connectivity index (χ1) is 8.75. The number of carbonyl (C=O) groups is 1. The molecule has 0 aromatic heterocycles. The van der Waals surface area contributed by atoms with Gasteiger partial charge in [-0.1, -0.05) is 18.9 Å². The Morgan fingerprint density at radius 1 is 1.22 bits per heavy atom. The maximum absolute atomic E-state index is 11.5. The highest BCUT2D eigenvalue weighted by Gasteiger charge is 2.32. The lowest BCUT2D eigenvalue weighted by atomic mass is 9.85. The Morgan fingerprint density at radius 3 is 2.67 bits per heavy atom. The molecule has 1 aliphatic carbocycles. The third kappa shape index (κ3) is 1.92. The van der Waals surface area contributed by atoms with Crippen LogP contribution in [0.15, 0.2) is 18.2 Å². The molecule has 2 aliphatic rings. The van der Waals surface area contributed by atoms with Gasteiger partial charge in [0.1, 0.15) is 0 Å². The minimum absolute atomic E-state index is 0.222. The van der Waals surface area contributed by atoms with Gasteiger partial charge in [0.15, 0.2) is 11.5 Å². The van der Waals surface area contributed by atoms with E-state index in [1.807, 2.05) is 18.2 Å². The van der Waals surface area contributed by atoms with Crippen molar-refractivity contribution in [2.75, 3.05) is 6.79 Å². The SMILES string of the molecule is O=C(O)C(c1ccc2c(c1)OCO2)C1CCCC1. The van der Waals surface area contributed by atoms with Gasteiger partial charge in [-0.3, -0.25) is 4.79 Å². The predicted octanol–water partition coefficient (Wildman–Crippen LogP) is 2.77. The summed E-state index contributed by atoms with van der Waals surface area (Å²) in [4.78, 5) is 11.5. The zero-order valence-electron chi connectivity index (χ0n) is 10.1. The summed E-state index contributed by atoms with van der Waals surface area (Å²) in [7, 11) is 0. The molecular weight excluding hydrogens is 232 g/mol. The molecule has 1 atom stereocenters. The Labute approximate surface area is 106 Å². The molecule has 0 bridgehead atoms. The van der Waals surface area contributed by atoms with E-state index in [1.165, 1.54) is 0 Å². The minimum atomic E-state index is -0.735. The van der Waals surface area contributed by atoms with Crippen molar-refractivity contribution in [3.05, 3.63) is 23.8 Å². The number of hydrogen-bond acceptors (Lipinski definition) is 3. The molecule has 1 aromatic carbocycles. The molecule has 0 spiro atoms. The van der Waals surface area contributed by atoms with Gasteiger partial charge in [0.05, 0.1) is 5.92 Å². The largest absolute Gasteiger partial charge is 0.481 e. The number of rotatable bonds is 3. The first-order valence-electron chi connectivity index (χ1n) is 6.38. The van der Waals surface area contributed by atoms with Gasteiger partial charge in [0.25, 0.3) is 0 Å². The summed E-state index contributed by atoms with van der Waals surface area (Å²) in [5, 5.41) is 9.46. The molecule has 3 rings (SSSR count). The summed E-state index contributed by atoms with van der Waals surface area (Å²) >= 11 is 0. The Bertz CT molecular complexity index is 463. The maximum Gasteiger partial charge on any atom is 0.311 e. The molecule has 1 fully saturated rings. The van der Waals surface area contributed by atoms with Crippen LogP contribution in [0.5, 0.6) is 11.5 Å². The lowest BCUT2D eigenvalue weighted by Crippen LogP contribution is -2.19. The normalized spacial score (nSPS) is 20.0. The van der Waals surface area contributed by atoms with Crippen LogP contribution in [0.25, 0.3) is 0 Å². The summed E-state index contributed by atoms with van der Waals surface area (Å²) in [5.74, 6) is 0.469. The smallest absolute Gasteiger partial charge is 0.311 e. The van der Waals surface area contributed by atoms with Gasteiger partial charge in [-0.25, -0.2) is 0 Å². The number of benzene rings is 1. The van der Waals surface area contributed by atoms with Gasteiger partial charge in [0.2, 0.25) is 6.79 Å². The quantitative estimate of drug-likeness (QED) is 0.893. The number of hydrogen-bond donors (Lipinski definition) is 1. The van der Waals surface area contributed by atoms with E-state index in [0.29, 0.717) is 11.5 Å². The van der Waals surface area contributed by atoms with Gasteiger partial charge in [-0.15, -0.1) is 0 Å². The highest BCUT2D eigenvalue weighted by atomic mass is 16.7. The van der Waals surface area contributed by atoms with Crippen LogP contribution in [0.2, 0.25) is 0 Å². The second-order valence-electron chi connectivity index (χ2n) is 4.97. The van der Waals surface area contributed by atoms with E-state index >= 15 is 0 Å². The van der Waals surface area contributed by atoms with E-state index in [0.717, 1.165) is 31.2 Å². The molecule has 0 radical (unpaired) electrons. The van der Waals surface area contributed by atoms with Crippen molar-refractivity contribution in [3.63, 3.8) is 0 Å². The second-order valence-corrected chi connectivity index (χ2v) is 4.97. The molecule has 96 valence electrons. The monoisotopic (exact) mass is 248 g/mol. The minimum Gasteiger partial charge on any atom is -0.481 e. The summed E-state index contributed by atoms with van der Waals surface area (Å²) < 4.78 is 10.6. The third-order valence-corrected chi connectivity index (χ3v) is 3.89. The van der Waals surface area contributed by atoms with E-state index in [1.54, 1.807) is 0 Å². The van der Waals surface area contributed by atoms with E-state index < -0.39 is 11.9 Å². The molecule has 1 saturated carbocycles. The average Bonchev–Trinajstić information content (AvgIpc) is 2.98. The van der Waals surface area contributed by atoms with Crippen molar-refractivity contribution >= 4 is 5.97 Å². The number of aliphatic carboxylic acids is 1. The van der Waals surface area contributed by atoms with Crippen LogP contribution in [0.4, 0.5) is 0 Å². The molecule has 4 heteroatoms. The first-order valence-corrected chi connectivity index (χ1v) is 6.38. The average molecular weight is 248 g/mol. The number of fused-ring (bicyclic) bond motifs is 1. The van der Waals surface area contributed by atoms with Crippen molar-refractivity contribution in [1.29, 1.82) is 0 Å². The van der Waals surface area contributed by atoms with Gasteiger partial charge in [-0.05, 0) is 36.5 Å². The number of carboxylic acids is 1. The van der Waals surface area contributed by atoms with Crippen molar-refractivity contribution in [3.8, 4) is 11.5 Å². The standard InChI is InChI=1S/C14H16O4/c15-14(16)13(9-3-1-2-4-9)10-5-6-11-12(7-10)18-8-17-11/h5-7,9,13H,1-4,8H2,(H,15,16). The van der Waals surface area contributed by atoms with Crippen molar-refractivity contribution in [2.45, 2.75) is 31.6 Å². The molecule has 0 amide bonds. The Balaban J connectivity index is 1.92. The molecule has 1 aromatic rings. The predicted molar refractivity (Wildman–Crippen MR) is 64.9 cm³/mol. The van der Waals surface area contributed by atoms with Crippen molar-refractivity contribution in [1.82, 2.24) is 0 Å². The fourth-order valence-electron chi connectivity index (χ4n) is 3.01. The number of ether oxygens (including phenoxy) is 2. The van der Waals surface area contributed by atoms with Gasteiger partial charge in [-0.2, -0.15) is 0 Å². The molecule has 0 saturated heterocycles. The Morgan fingerprint density at radius 2 is 1.94 bits per heavy atom. The van der Waals surface area contributed by atoms with Crippen LogP contribution < -0.4 is 9.47 Å². The van der Waals surface area contributed by atoms with Crippen LogP contribution in [0, 0.1) is 5.92 Å². The van der Waals surface area contributed by atoms with Crippen molar-refractivity contribution < 1.29 is 19.4 Å². The lowest BCUT2D eigenvalue weighted by molar-refractivity contribution is -0.140. The van der Waals surface area contributed by atoms with Gasteiger partial charge in [0, 0.05) is 0 Å². The summed E-state index contributed by atoms with van der Waals surface area (Å²) in [5.41, 5.74) is 0.832. The van der Waals surface area contributed by atoms with E-state index in [9.17, 15) is 9.90 Å². The zero-order chi connectivity index (χ0) is 12.5. The number of carboxylic acid groups (broad SMARTS) is 1. The zero-order valence-corrected chi connectivity index (χ0v) is 10.1. The van der Waals surface area contributed by atoms with E-state index in [4.69, 9.17) is 9.47 Å². The molecule has 1 N–H and O–H groups in total. The van der Waals surface area contributed by atoms with Crippen LogP contribution in [0.3, 0.4) is 0 Å². The Kier molecular flexibility index (Phi) is 2.86. The molecule has 1 heterocycles. The molecule has 4 nitrogen and oxygen atoms in total. The highest BCUT2D eigenvalue weighted by molar-refractivity contribution is 5.77. The summed E-state index contributed by atoms with van der Waals surface area (Å²) in [6.07, 6.45) is 4.29. The van der Waals surface area contributed by atoms with Crippen LogP contribution in [-0.2, 0) is 4.79 Å². The second kappa shape index (κ2) is 4.52. The third-order valence-electron chi connectivity index (χ3n) is 3.89. The molecule has 1 aliphatic heterocycles. The maximum atomic E-state index is 11.5. The molecule has 1 unspecified atom stereocenters. The van der Waals surface area contributed by atoms with Gasteiger partial charge >= 0.3 is 5.97 Å². The summed E-state index contributed by atoms with van der Waals surface area (Å²) in [6.45, 7) is 0.222. The molecular formula is C14H16O4. The van der Waals surface area contributed by atoms with Crippen molar-refractivity contribution in [2.24, 2.45) is 5.92 Å². The van der Waals surface area contributed by atoms with Crippen LogP contribution in [0.1, 0.15) is 37.2 Å². The topological polar surface area (TPSA) is 55.8 Å².